The quantitative estimate of drug-likeness (QED) is 0.415. The zero-order chi connectivity index (χ0) is 9.84. The van der Waals surface area contributed by atoms with E-state index in [0.717, 1.165) is 0 Å². The summed E-state index contributed by atoms with van der Waals surface area (Å²) in [6.07, 6.45) is 0. The average Bonchev–Trinajstić information content (AvgIpc) is 2.03. The number of hydrogen-bond donors (Lipinski definition) is 0. The van der Waals surface area contributed by atoms with Gasteiger partial charge in [0.2, 0.25) is 0 Å². The van der Waals surface area contributed by atoms with Crippen LogP contribution in [-0.2, 0) is 21.9 Å². The van der Waals surface area contributed by atoms with E-state index in [1.54, 1.807) is 6.07 Å². The second-order valence-corrected chi connectivity index (χ2v) is 2.38. The Labute approximate surface area is 91.4 Å². The summed E-state index contributed by atoms with van der Waals surface area (Å²) < 4.78 is 4.65. The molecule has 1 rings (SSSR count). The Balaban J connectivity index is 0.00000169. The SMILES string of the molecule is CC(=O)Oc1ccccc1C(=O)[O-].[Cu+2]. The van der Waals surface area contributed by atoms with Crippen molar-refractivity contribution in [2.75, 3.05) is 0 Å². The molecule has 0 atom stereocenters. The molecular weight excluding hydrogens is 236 g/mol. The van der Waals surface area contributed by atoms with E-state index in [1.807, 2.05) is 0 Å². The minimum absolute atomic E-state index is 0. The van der Waals surface area contributed by atoms with Gasteiger partial charge in [0.1, 0.15) is 5.75 Å². The number of carboxylic acids is 1. The maximum Gasteiger partial charge on any atom is 2.00 e. The smallest absolute Gasteiger partial charge is 0.545 e. The van der Waals surface area contributed by atoms with Crippen molar-refractivity contribution in [2.45, 2.75) is 6.92 Å². The number of benzene rings is 1. The van der Waals surface area contributed by atoms with Gasteiger partial charge >= 0.3 is 23.0 Å². The molecular formula is C9H7CuO4+. The summed E-state index contributed by atoms with van der Waals surface area (Å²) in [5.41, 5.74) is -0.127. The van der Waals surface area contributed by atoms with Crippen molar-refractivity contribution in [3.63, 3.8) is 0 Å². The molecule has 0 aliphatic heterocycles. The molecule has 1 aromatic rings. The van der Waals surface area contributed by atoms with Crippen LogP contribution in [0.4, 0.5) is 0 Å². The number of ether oxygens (including phenoxy) is 1. The Morgan fingerprint density at radius 1 is 1.29 bits per heavy atom. The van der Waals surface area contributed by atoms with E-state index in [4.69, 9.17) is 0 Å². The zero-order valence-corrected chi connectivity index (χ0v) is 8.19. The van der Waals surface area contributed by atoms with Gasteiger partial charge in [-0.1, -0.05) is 12.1 Å². The number of aromatic carboxylic acids is 1. The molecule has 5 heteroatoms. The molecule has 1 aromatic carbocycles. The van der Waals surface area contributed by atoms with E-state index < -0.39 is 11.9 Å². The van der Waals surface area contributed by atoms with Gasteiger partial charge in [-0.15, -0.1) is 0 Å². The van der Waals surface area contributed by atoms with E-state index in [9.17, 15) is 14.7 Å². The summed E-state index contributed by atoms with van der Waals surface area (Å²) in [5.74, 6) is -1.92. The molecule has 1 radical (unpaired) electrons. The summed E-state index contributed by atoms with van der Waals surface area (Å²) in [5, 5.41) is 10.5. The summed E-state index contributed by atoms with van der Waals surface area (Å²) in [6.45, 7) is 1.20. The Bertz CT molecular complexity index is 348. The minimum Gasteiger partial charge on any atom is -0.545 e. The fourth-order valence-electron chi connectivity index (χ4n) is 0.879. The molecule has 0 spiro atoms. The standard InChI is InChI=1S/C9H8O4.Cu/c1-6(10)13-8-5-3-2-4-7(8)9(11)12;/h2-5H,1H3,(H,11,12);/q;+2/p-1. The molecule has 0 saturated heterocycles. The summed E-state index contributed by atoms with van der Waals surface area (Å²) in [7, 11) is 0. The van der Waals surface area contributed by atoms with Crippen molar-refractivity contribution in [2.24, 2.45) is 0 Å². The van der Waals surface area contributed by atoms with Crippen LogP contribution < -0.4 is 9.84 Å². The van der Waals surface area contributed by atoms with Gasteiger partial charge in [0.05, 0.1) is 5.97 Å². The van der Waals surface area contributed by atoms with E-state index in [1.165, 1.54) is 25.1 Å². The van der Waals surface area contributed by atoms with Crippen LogP contribution in [0.3, 0.4) is 0 Å². The van der Waals surface area contributed by atoms with Crippen LogP contribution in [0.1, 0.15) is 17.3 Å². The molecule has 0 aromatic heterocycles. The second-order valence-electron chi connectivity index (χ2n) is 2.38. The third-order valence-corrected chi connectivity index (χ3v) is 1.36. The molecule has 0 unspecified atom stereocenters. The largest absolute Gasteiger partial charge is 2.00 e. The number of carbonyl (C=O) groups is 2. The van der Waals surface area contributed by atoms with Crippen LogP contribution in [-0.4, -0.2) is 11.9 Å². The van der Waals surface area contributed by atoms with Crippen LogP contribution in [0.2, 0.25) is 0 Å². The van der Waals surface area contributed by atoms with Gasteiger partial charge in [-0.25, -0.2) is 0 Å². The zero-order valence-electron chi connectivity index (χ0n) is 7.24. The second kappa shape index (κ2) is 5.42. The third kappa shape index (κ3) is 3.20. The number of para-hydroxylation sites is 1. The topological polar surface area (TPSA) is 66.4 Å². The molecule has 0 bridgehead atoms. The maximum atomic E-state index is 10.6. The molecule has 0 aliphatic rings. The average molecular weight is 243 g/mol. The number of carboxylic acid groups (broad SMARTS) is 1. The Morgan fingerprint density at radius 2 is 1.86 bits per heavy atom. The fraction of sp³-hybridized carbons (Fsp3) is 0.111. The van der Waals surface area contributed by atoms with Gasteiger partial charge in [0.25, 0.3) is 0 Å². The van der Waals surface area contributed by atoms with Crippen molar-refractivity contribution < 1.29 is 36.5 Å². The van der Waals surface area contributed by atoms with E-state index >= 15 is 0 Å². The van der Waals surface area contributed by atoms with Crippen molar-refractivity contribution in [3.8, 4) is 5.75 Å². The van der Waals surface area contributed by atoms with E-state index in [2.05, 4.69) is 4.74 Å². The predicted molar refractivity (Wildman–Crippen MR) is 42.1 cm³/mol. The molecule has 14 heavy (non-hydrogen) atoms. The summed E-state index contributed by atoms with van der Waals surface area (Å²) >= 11 is 0. The third-order valence-electron chi connectivity index (χ3n) is 1.36. The van der Waals surface area contributed by atoms with E-state index in [-0.39, 0.29) is 28.4 Å². The summed E-state index contributed by atoms with van der Waals surface area (Å²) in [4.78, 5) is 21.1. The maximum absolute atomic E-state index is 10.6. The van der Waals surface area contributed by atoms with Crippen LogP contribution in [0.15, 0.2) is 24.3 Å². The van der Waals surface area contributed by atoms with Crippen LogP contribution in [0.25, 0.3) is 0 Å². The Kier molecular flexibility index (Phi) is 4.91. The molecule has 0 N–H and O–H groups in total. The number of hydrogen-bond acceptors (Lipinski definition) is 4. The van der Waals surface area contributed by atoms with Gasteiger partial charge in [-0.2, -0.15) is 0 Å². The van der Waals surface area contributed by atoms with Gasteiger partial charge in [-0.3, -0.25) is 4.79 Å². The molecule has 0 heterocycles. The normalized spacial score (nSPS) is 8.64. The van der Waals surface area contributed by atoms with Crippen molar-refractivity contribution in [1.82, 2.24) is 0 Å². The predicted octanol–water partition coefficient (Wildman–Crippen LogP) is -0.0271. The first kappa shape index (κ1) is 12.7. The van der Waals surface area contributed by atoms with Crippen LogP contribution in [0, 0.1) is 0 Å². The Morgan fingerprint density at radius 3 is 2.36 bits per heavy atom. The summed E-state index contributed by atoms with van der Waals surface area (Å²) in [6, 6.07) is 5.81. The molecule has 0 fully saturated rings. The van der Waals surface area contributed by atoms with Gasteiger partial charge in [-0.05, 0) is 12.1 Å². The van der Waals surface area contributed by atoms with Crippen LogP contribution >= 0.6 is 0 Å². The Hall–Kier alpha value is -1.32. The van der Waals surface area contributed by atoms with Gasteiger partial charge < -0.3 is 14.6 Å². The first-order valence-corrected chi connectivity index (χ1v) is 3.60. The molecule has 0 saturated carbocycles. The molecule has 77 valence electrons. The van der Waals surface area contributed by atoms with Crippen molar-refractivity contribution >= 4 is 11.9 Å². The minimum atomic E-state index is -1.36. The van der Waals surface area contributed by atoms with Gasteiger partial charge in [0.15, 0.2) is 0 Å². The molecule has 4 nitrogen and oxygen atoms in total. The first-order chi connectivity index (χ1) is 6.11. The van der Waals surface area contributed by atoms with Crippen molar-refractivity contribution in [3.05, 3.63) is 29.8 Å². The molecule has 0 aliphatic carbocycles. The van der Waals surface area contributed by atoms with Gasteiger partial charge in [0, 0.05) is 12.5 Å². The fourth-order valence-corrected chi connectivity index (χ4v) is 0.879. The molecule has 0 amide bonds. The monoisotopic (exact) mass is 242 g/mol. The first-order valence-electron chi connectivity index (χ1n) is 3.60. The van der Waals surface area contributed by atoms with Crippen LogP contribution in [0.5, 0.6) is 5.75 Å². The van der Waals surface area contributed by atoms with E-state index in [0.29, 0.717) is 0 Å². The number of esters is 1. The number of carbonyl (C=O) groups excluding carboxylic acids is 2. The van der Waals surface area contributed by atoms with Crippen molar-refractivity contribution in [1.29, 1.82) is 0 Å². The number of rotatable bonds is 2.